The van der Waals surface area contributed by atoms with Crippen molar-refractivity contribution in [3.63, 3.8) is 0 Å². The molecule has 1 rings (SSSR count). The smallest absolute Gasteiger partial charge is 0.166 e. The normalized spacial score (nSPS) is 10.3. The minimum atomic E-state index is 0.566. The van der Waals surface area contributed by atoms with E-state index >= 15 is 0 Å². The molecule has 6 heteroatoms. The lowest BCUT2D eigenvalue weighted by atomic mass is 10.1. The zero-order valence-electron chi connectivity index (χ0n) is 12.4. The highest BCUT2D eigenvalue weighted by atomic mass is 16.5. The third-order valence-electron chi connectivity index (χ3n) is 3.01. The molecular weight excluding hydrogens is 256 g/mol. The molecule has 0 amide bonds. The van der Waals surface area contributed by atoms with Gasteiger partial charge in [0.25, 0.3) is 0 Å². The third-order valence-corrected chi connectivity index (χ3v) is 3.01. The fourth-order valence-electron chi connectivity index (χ4n) is 1.65. The summed E-state index contributed by atoms with van der Waals surface area (Å²) in [6.45, 7) is 6.46. The van der Waals surface area contributed by atoms with Gasteiger partial charge in [0, 0.05) is 20.3 Å². The van der Waals surface area contributed by atoms with Crippen LogP contribution in [0.4, 0.5) is 5.82 Å². The summed E-state index contributed by atoms with van der Waals surface area (Å²) in [5, 5.41) is 20.4. The Morgan fingerprint density at radius 1 is 1.15 bits per heavy atom. The summed E-state index contributed by atoms with van der Waals surface area (Å²) >= 11 is 0. The molecule has 20 heavy (non-hydrogen) atoms. The van der Waals surface area contributed by atoms with Crippen LogP contribution in [0.5, 0.6) is 0 Å². The van der Waals surface area contributed by atoms with Gasteiger partial charge in [-0.1, -0.05) is 0 Å². The average Bonchev–Trinajstić information content (AvgIpc) is 2.45. The van der Waals surface area contributed by atoms with Gasteiger partial charge in [-0.05, 0) is 32.3 Å². The topological polar surface area (TPSA) is 80.1 Å². The Labute approximate surface area is 120 Å². The largest absolute Gasteiger partial charge is 0.382 e. The quantitative estimate of drug-likeness (QED) is 0.694. The molecule has 0 aliphatic heterocycles. The number of nitrogens with zero attached hydrogens (tertiary/aromatic N) is 3. The van der Waals surface area contributed by atoms with Crippen LogP contribution in [0, 0.1) is 25.2 Å². The fraction of sp³-hybridized carbons (Fsp3) is 0.643. The van der Waals surface area contributed by atoms with E-state index in [0.29, 0.717) is 24.6 Å². The van der Waals surface area contributed by atoms with Crippen LogP contribution in [0.2, 0.25) is 0 Å². The van der Waals surface area contributed by atoms with E-state index < -0.39 is 0 Å². The molecule has 1 N–H and O–H groups in total. The second kappa shape index (κ2) is 9.23. The van der Waals surface area contributed by atoms with Crippen LogP contribution in [0.1, 0.15) is 29.7 Å². The van der Waals surface area contributed by atoms with Crippen molar-refractivity contribution >= 4 is 5.82 Å². The van der Waals surface area contributed by atoms with Crippen molar-refractivity contribution in [2.45, 2.75) is 26.7 Å². The Bertz CT molecular complexity index is 457. The molecular formula is C14H22N4O2. The second-order valence-corrected chi connectivity index (χ2v) is 4.48. The van der Waals surface area contributed by atoms with Gasteiger partial charge in [-0.25, -0.2) is 0 Å². The van der Waals surface area contributed by atoms with Crippen molar-refractivity contribution in [2.24, 2.45) is 0 Å². The average molecular weight is 278 g/mol. The minimum absolute atomic E-state index is 0.566. The van der Waals surface area contributed by atoms with Crippen LogP contribution in [0.25, 0.3) is 0 Å². The predicted molar refractivity (Wildman–Crippen MR) is 76.6 cm³/mol. The molecule has 0 atom stereocenters. The number of anilines is 1. The lowest BCUT2D eigenvalue weighted by Gasteiger charge is -2.09. The maximum Gasteiger partial charge on any atom is 0.166 e. The monoisotopic (exact) mass is 278 g/mol. The molecule has 1 aromatic rings. The van der Waals surface area contributed by atoms with Gasteiger partial charge in [-0.3, -0.25) is 0 Å². The number of nitrogens with one attached hydrogen (secondary N) is 1. The Balaban J connectivity index is 2.29. The van der Waals surface area contributed by atoms with Gasteiger partial charge in [0.2, 0.25) is 0 Å². The van der Waals surface area contributed by atoms with Crippen molar-refractivity contribution in [1.82, 2.24) is 10.2 Å². The molecule has 0 aromatic carbocycles. The van der Waals surface area contributed by atoms with Gasteiger partial charge in [-0.15, -0.1) is 5.10 Å². The first-order valence-corrected chi connectivity index (χ1v) is 6.75. The van der Waals surface area contributed by atoms with Crippen LogP contribution in [-0.2, 0) is 9.47 Å². The Morgan fingerprint density at radius 3 is 2.65 bits per heavy atom. The highest BCUT2D eigenvalue weighted by Crippen LogP contribution is 2.16. The van der Waals surface area contributed by atoms with Gasteiger partial charge < -0.3 is 14.8 Å². The molecule has 0 fully saturated rings. The Morgan fingerprint density at radius 2 is 1.95 bits per heavy atom. The maximum atomic E-state index is 9.16. The number of hydrogen-bond acceptors (Lipinski definition) is 6. The van der Waals surface area contributed by atoms with E-state index in [2.05, 4.69) is 21.6 Å². The summed E-state index contributed by atoms with van der Waals surface area (Å²) in [6, 6.07) is 2.18. The molecule has 0 aliphatic rings. The highest BCUT2D eigenvalue weighted by Gasteiger charge is 2.09. The number of ether oxygens (including phenoxy) is 2. The zero-order valence-corrected chi connectivity index (χ0v) is 12.4. The number of nitriles is 1. The van der Waals surface area contributed by atoms with Crippen molar-refractivity contribution < 1.29 is 9.47 Å². The second-order valence-electron chi connectivity index (χ2n) is 4.48. The molecule has 0 saturated heterocycles. The molecule has 0 unspecified atom stereocenters. The molecule has 0 radical (unpaired) electrons. The van der Waals surface area contributed by atoms with E-state index in [1.807, 2.05) is 13.8 Å². The third kappa shape index (κ3) is 5.11. The standard InChI is InChI=1S/C14H22N4O2/c1-11-12(2)17-18-14(13(11)10-15)16-6-4-5-7-20-9-8-19-3/h4-9H2,1-3H3,(H,16,18). The first-order valence-electron chi connectivity index (χ1n) is 6.75. The summed E-state index contributed by atoms with van der Waals surface area (Å²) < 4.78 is 10.3. The first-order chi connectivity index (χ1) is 9.70. The van der Waals surface area contributed by atoms with E-state index in [1.54, 1.807) is 7.11 Å². The molecule has 1 heterocycles. The van der Waals surface area contributed by atoms with Crippen LogP contribution in [0.15, 0.2) is 0 Å². The Kier molecular flexibility index (Phi) is 7.55. The predicted octanol–water partition coefficient (Wildman–Crippen LogP) is 1.82. The number of aryl methyl sites for hydroxylation is 1. The first kappa shape index (κ1) is 16.3. The van der Waals surface area contributed by atoms with Crippen LogP contribution >= 0.6 is 0 Å². The van der Waals surface area contributed by atoms with Crippen molar-refractivity contribution in [2.75, 3.05) is 38.8 Å². The number of aromatic nitrogens is 2. The van der Waals surface area contributed by atoms with E-state index in [1.165, 1.54) is 0 Å². The maximum absolute atomic E-state index is 9.16. The van der Waals surface area contributed by atoms with Crippen molar-refractivity contribution in [1.29, 1.82) is 5.26 Å². The lowest BCUT2D eigenvalue weighted by molar-refractivity contribution is 0.0691. The lowest BCUT2D eigenvalue weighted by Crippen LogP contribution is -2.10. The highest BCUT2D eigenvalue weighted by molar-refractivity contribution is 5.55. The van der Waals surface area contributed by atoms with Gasteiger partial charge in [0.15, 0.2) is 5.82 Å². The molecule has 1 aromatic heterocycles. The number of methoxy groups -OCH3 is 1. The molecule has 0 spiro atoms. The molecule has 0 bridgehead atoms. The minimum Gasteiger partial charge on any atom is -0.382 e. The summed E-state index contributed by atoms with van der Waals surface area (Å²) in [7, 11) is 1.66. The van der Waals surface area contributed by atoms with Crippen molar-refractivity contribution in [3.05, 3.63) is 16.8 Å². The van der Waals surface area contributed by atoms with Gasteiger partial charge in [-0.2, -0.15) is 10.4 Å². The number of hydrogen-bond donors (Lipinski definition) is 1. The van der Waals surface area contributed by atoms with Crippen LogP contribution in [0.3, 0.4) is 0 Å². The summed E-state index contributed by atoms with van der Waals surface area (Å²) in [6.07, 6.45) is 1.91. The zero-order chi connectivity index (χ0) is 14.8. The molecule has 0 aliphatic carbocycles. The van der Waals surface area contributed by atoms with Gasteiger partial charge >= 0.3 is 0 Å². The fourth-order valence-corrected chi connectivity index (χ4v) is 1.65. The van der Waals surface area contributed by atoms with E-state index in [9.17, 15) is 0 Å². The van der Waals surface area contributed by atoms with Crippen molar-refractivity contribution in [3.8, 4) is 6.07 Å². The van der Waals surface area contributed by atoms with Crippen LogP contribution < -0.4 is 5.32 Å². The van der Waals surface area contributed by atoms with E-state index in [0.717, 1.165) is 37.3 Å². The summed E-state index contributed by atoms with van der Waals surface area (Å²) in [4.78, 5) is 0. The number of rotatable bonds is 9. The van der Waals surface area contributed by atoms with Crippen LogP contribution in [-0.4, -0.2) is 43.7 Å². The van der Waals surface area contributed by atoms with Gasteiger partial charge in [0.05, 0.1) is 18.9 Å². The SMILES string of the molecule is COCCOCCCCNc1nnc(C)c(C)c1C#N. The summed E-state index contributed by atoms with van der Waals surface area (Å²) in [5.41, 5.74) is 2.25. The Hall–Kier alpha value is -1.71. The number of unbranched alkanes of at least 4 members (excludes halogenated alkanes) is 1. The summed E-state index contributed by atoms with van der Waals surface area (Å²) in [5.74, 6) is 0.566. The van der Waals surface area contributed by atoms with E-state index in [4.69, 9.17) is 14.7 Å². The molecule has 110 valence electrons. The van der Waals surface area contributed by atoms with E-state index in [-0.39, 0.29) is 0 Å². The molecule has 6 nitrogen and oxygen atoms in total. The van der Waals surface area contributed by atoms with Gasteiger partial charge in [0.1, 0.15) is 11.6 Å². The molecule has 0 saturated carbocycles.